The summed E-state index contributed by atoms with van der Waals surface area (Å²) >= 11 is 6.66. The number of methoxy groups -OCH3 is 1. The molecule has 2 rings (SSSR count). The summed E-state index contributed by atoms with van der Waals surface area (Å²) in [4.78, 5) is 23.6. The monoisotopic (exact) mass is 500 g/mol. The zero-order valence-corrected chi connectivity index (χ0v) is 17.8. The second-order valence-corrected chi connectivity index (χ2v) is 7.17. The molecule has 0 atom stereocenters. The largest absolute Gasteiger partial charge is 0.493 e. The van der Waals surface area contributed by atoms with Crippen LogP contribution in [0.15, 0.2) is 45.3 Å². The maximum atomic E-state index is 11.8. The molecule has 0 fully saturated rings. The molecule has 9 heteroatoms. The minimum atomic E-state index is -0.518. The van der Waals surface area contributed by atoms with E-state index in [0.717, 1.165) is 10.0 Å². The van der Waals surface area contributed by atoms with Gasteiger partial charge in [0.25, 0.3) is 11.8 Å². The first-order valence-electron chi connectivity index (χ1n) is 7.82. The molecule has 0 aliphatic heterocycles. The van der Waals surface area contributed by atoms with Crippen molar-refractivity contribution in [3.63, 3.8) is 0 Å². The molecule has 0 radical (unpaired) electrons. The van der Waals surface area contributed by atoms with Crippen molar-refractivity contribution >= 4 is 43.7 Å². The van der Waals surface area contributed by atoms with Gasteiger partial charge in [0, 0.05) is 4.47 Å². The normalized spacial score (nSPS) is 10.1. The van der Waals surface area contributed by atoms with Crippen LogP contribution < -0.4 is 25.1 Å². The van der Waals surface area contributed by atoms with Crippen LogP contribution in [-0.4, -0.2) is 32.1 Å². The fourth-order valence-electron chi connectivity index (χ4n) is 1.98. The zero-order chi connectivity index (χ0) is 19.8. The molecule has 0 aromatic heterocycles. The summed E-state index contributed by atoms with van der Waals surface area (Å²) in [7, 11) is 1.52. The standard InChI is InChI=1S/C18H18Br2N2O5/c1-11-3-5-15(16(7-11)25-2)27-10-18(24)22-21-17(23)9-26-14-6-4-12(19)8-13(14)20/h3-8H,9-10H2,1-2H3,(H,21,23)(H,22,24). The second kappa shape index (κ2) is 10.2. The molecule has 7 nitrogen and oxygen atoms in total. The van der Waals surface area contributed by atoms with Crippen LogP contribution in [0.1, 0.15) is 5.56 Å². The summed E-state index contributed by atoms with van der Waals surface area (Å²) in [5, 5.41) is 0. The molecule has 2 N–H and O–H groups in total. The fraction of sp³-hybridized carbons (Fsp3) is 0.222. The van der Waals surface area contributed by atoms with E-state index in [2.05, 4.69) is 42.7 Å². The molecular formula is C18H18Br2N2O5. The molecule has 0 unspecified atom stereocenters. The molecule has 0 spiro atoms. The van der Waals surface area contributed by atoms with E-state index in [0.29, 0.717) is 21.7 Å². The topological polar surface area (TPSA) is 85.9 Å². The van der Waals surface area contributed by atoms with Crippen LogP contribution in [0.3, 0.4) is 0 Å². The predicted octanol–water partition coefficient (Wildman–Crippen LogP) is 3.13. The van der Waals surface area contributed by atoms with Crippen LogP contribution in [0.5, 0.6) is 17.2 Å². The molecule has 144 valence electrons. The van der Waals surface area contributed by atoms with Crippen LogP contribution in [0, 0.1) is 6.92 Å². The Kier molecular flexibility index (Phi) is 7.93. The molecule has 2 amide bonds. The number of hydrogen-bond acceptors (Lipinski definition) is 5. The van der Waals surface area contributed by atoms with Crippen molar-refractivity contribution in [1.29, 1.82) is 0 Å². The minimum absolute atomic E-state index is 0.257. The van der Waals surface area contributed by atoms with Gasteiger partial charge in [0.1, 0.15) is 5.75 Å². The quantitative estimate of drug-likeness (QED) is 0.569. The van der Waals surface area contributed by atoms with Gasteiger partial charge < -0.3 is 14.2 Å². The molecule has 27 heavy (non-hydrogen) atoms. The Labute approximate surface area is 173 Å². The average Bonchev–Trinajstić information content (AvgIpc) is 2.64. The first kappa shape index (κ1) is 21.0. The van der Waals surface area contributed by atoms with Gasteiger partial charge in [-0.2, -0.15) is 0 Å². The summed E-state index contributed by atoms with van der Waals surface area (Å²) in [5.41, 5.74) is 5.52. The van der Waals surface area contributed by atoms with Gasteiger partial charge in [-0.05, 0) is 58.7 Å². The van der Waals surface area contributed by atoms with E-state index in [4.69, 9.17) is 14.2 Å². The first-order chi connectivity index (χ1) is 12.9. The lowest BCUT2D eigenvalue weighted by Crippen LogP contribution is -2.45. The SMILES string of the molecule is COc1cc(C)ccc1OCC(=O)NNC(=O)COc1ccc(Br)cc1Br. The van der Waals surface area contributed by atoms with Crippen LogP contribution in [0.4, 0.5) is 0 Å². The molecule has 0 saturated carbocycles. The Hall–Kier alpha value is -2.26. The van der Waals surface area contributed by atoms with Crippen molar-refractivity contribution in [2.75, 3.05) is 20.3 Å². The van der Waals surface area contributed by atoms with Gasteiger partial charge in [0.05, 0.1) is 11.6 Å². The van der Waals surface area contributed by atoms with E-state index >= 15 is 0 Å². The summed E-state index contributed by atoms with van der Waals surface area (Å²) in [5.74, 6) is 0.449. The van der Waals surface area contributed by atoms with E-state index in [-0.39, 0.29) is 13.2 Å². The number of amides is 2. The number of hydrogen-bond donors (Lipinski definition) is 2. The van der Waals surface area contributed by atoms with Crippen LogP contribution in [0.2, 0.25) is 0 Å². The van der Waals surface area contributed by atoms with Crippen LogP contribution >= 0.6 is 31.9 Å². The molecule has 2 aromatic rings. The Morgan fingerprint density at radius 1 is 0.889 bits per heavy atom. The van der Waals surface area contributed by atoms with Crippen molar-refractivity contribution in [2.45, 2.75) is 6.92 Å². The Balaban J connectivity index is 1.74. The minimum Gasteiger partial charge on any atom is -0.493 e. The van der Waals surface area contributed by atoms with Crippen molar-refractivity contribution in [1.82, 2.24) is 10.9 Å². The molecule has 0 heterocycles. The fourth-order valence-corrected chi connectivity index (χ4v) is 3.15. The lowest BCUT2D eigenvalue weighted by atomic mass is 10.2. The maximum absolute atomic E-state index is 11.8. The molecule has 2 aromatic carbocycles. The highest BCUT2D eigenvalue weighted by Gasteiger charge is 2.10. The maximum Gasteiger partial charge on any atom is 0.276 e. The van der Waals surface area contributed by atoms with Crippen molar-refractivity contribution in [3.8, 4) is 17.2 Å². The van der Waals surface area contributed by atoms with Gasteiger partial charge in [-0.1, -0.05) is 22.0 Å². The first-order valence-corrected chi connectivity index (χ1v) is 9.40. The molecule has 0 bridgehead atoms. The molecule has 0 aliphatic carbocycles. The summed E-state index contributed by atoms with van der Waals surface area (Å²) in [6, 6.07) is 10.6. The number of halogens is 2. The second-order valence-electron chi connectivity index (χ2n) is 5.40. The highest BCUT2D eigenvalue weighted by atomic mass is 79.9. The third kappa shape index (κ3) is 6.76. The van der Waals surface area contributed by atoms with Gasteiger partial charge in [0.2, 0.25) is 0 Å². The number of hydrazine groups is 1. The summed E-state index contributed by atoms with van der Waals surface area (Å²) in [6.45, 7) is 1.38. The number of carbonyl (C=O) groups is 2. The van der Waals surface area contributed by atoms with E-state index in [9.17, 15) is 9.59 Å². The number of rotatable bonds is 7. The Bertz CT molecular complexity index is 829. The highest BCUT2D eigenvalue weighted by molar-refractivity contribution is 9.11. The Morgan fingerprint density at radius 2 is 1.48 bits per heavy atom. The third-order valence-electron chi connectivity index (χ3n) is 3.27. The van der Waals surface area contributed by atoms with Gasteiger partial charge in [-0.15, -0.1) is 0 Å². The van der Waals surface area contributed by atoms with Crippen LogP contribution in [0.25, 0.3) is 0 Å². The smallest absolute Gasteiger partial charge is 0.276 e. The Morgan fingerprint density at radius 3 is 2.07 bits per heavy atom. The lowest BCUT2D eigenvalue weighted by Gasteiger charge is -2.12. The van der Waals surface area contributed by atoms with Crippen molar-refractivity contribution < 1.29 is 23.8 Å². The third-order valence-corrected chi connectivity index (χ3v) is 4.38. The van der Waals surface area contributed by atoms with Gasteiger partial charge in [-0.25, -0.2) is 0 Å². The van der Waals surface area contributed by atoms with E-state index in [1.165, 1.54) is 7.11 Å². The van der Waals surface area contributed by atoms with Gasteiger partial charge in [0.15, 0.2) is 24.7 Å². The van der Waals surface area contributed by atoms with Crippen molar-refractivity contribution in [3.05, 3.63) is 50.9 Å². The number of benzene rings is 2. The number of carbonyl (C=O) groups excluding carboxylic acids is 2. The summed E-state index contributed by atoms with van der Waals surface area (Å²) in [6.07, 6.45) is 0. The zero-order valence-electron chi connectivity index (χ0n) is 14.7. The van der Waals surface area contributed by atoms with Crippen molar-refractivity contribution in [2.24, 2.45) is 0 Å². The number of nitrogens with one attached hydrogen (secondary N) is 2. The predicted molar refractivity (Wildman–Crippen MR) is 107 cm³/mol. The highest BCUT2D eigenvalue weighted by Crippen LogP contribution is 2.28. The average molecular weight is 502 g/mol. The summed E-state index contributed by atoms with van der Waals surface area (Å²) < 4.78 is 17.6. The van der Waals surface area contributed by atoms with Crippen LogP contribution in [-0.2, 0) is 9.59 Å². The number of aryl methyl sites for hydroxylation is 1. The molecular weight excluding hydrogens is 484 g/mol. The molecule has 0 saturated heterocycles. The number of ether oxygens (including phenoxy) is 3. The van der Waals surface area contributed by atoms with Gasteiger partial charge in [-0.3, -0.25) is 20.4 Å². The molecule has 0 aliphatic rings. The van der Waals surface area contributed by atoms with E-state index in [1.54, 1.807) is 30.3 Å². The van der Waals surface area contributed by atoms with E-state index < -0.39 is 11.8 Å². The lowest BCUT2D eigenvalue weighted by molar-refractivity contribution is -0.131. The van der Waals surface area contributed by atoms with Gasteiger partial charge >= 0.3 is 0 Å². The van der Waals surface area contributed by atoms with E-state index in [1.807, 2.05) is 13.0 Å².